The molecule has 1 unspecified atom stereocenters. The van der Waals surface area contributed by atoms with Crippen molar-refractivity contribution in [1.29, 1.82) is 0 Å². The normalized spacial score (nSPS) is 20.1. The average Bonchev–Trinajstić information content (AvgIpc) is 3.20. The molecule has 0 spiro atoms. The van der Waals surface area contributed by atoms with Crippen molar-refractivity contribution >= 4 is 11.5 Å². The van der Waals surface area contributed by atoms with Crippen molar-refractivity contribution < 1.29 is 22.8 Å². The molecule has 4 rings (SSSR count). The highest BCUT2D eigenvalue weighted by Gasteiger charge is 2.33. The van der Waals surface area contributed by atoms with Crippen molar-refractivity contribution in [3.05, 3.63) is 46.1 Å². The maximum Gasteiger partial charge on any atom is 0.416 e. The molecule has 1 atom stereocenters. The minimum absolute atomic E-state index is 0.124. The molecule has 1 aromatic carbocycles. The van der Waals surface area contributed by atoms with Gasteiger partial charge in [-0.15, -0.1) is 0 Å². The molecule has 0 saturated carbocycles. The number of ether oxygens (including phenoxy) is 1. The van der Waals surface area contributed by atoms with Gasteiger partial charge in [-0.1, -0.05) is 0 Å². The number of nitro groups is 1. The first-order chi connectivity index (χ1) is 13.3. The Morgan fingerprint density at radius 1 is 1.18 bits per heavy atom. The maximum absolute atomic E-state index is 12.7. The molecule has 0 aliphatic carbocycles. The number of rotatable bonds is 4. The summed E-state index contributed by atoms with van der Waals surface area (Å²) in [4.78, 5) is 18.3. The number of aromatic nitrogens is 2. The summed E-state index contributed by atoms with van der Waals surface area (Å²) in [5.74, 6) is -0.224. The Labute approximate surface area is 158 Å². The maximum atomic E-state index is 12.7. The van der Waals surface area contributed by atoms with Crippen molar-refractivity contribution in [3.8, 4) is 6.01 Å². The van der Waals surface area contributed by atoms with E-state index in [1.807, 2.05) is 0 Å². The lowest BCUT2D eigenvalue weighted by Gasteiger charge is -2.36. The SMILES string of the molecule is O=[N+]([O-])c1cn2c(n1)OC(CN1CCN(c3ccc(C(F)(F)F)cc3)CC1)C2. The van der Waals surface area contributed by atoms with E-state index in [2.05, 4.69) is 14.8 Å². The molecule has 11 heteroatoms. The molecule has 3 heterocycles. The first kappa shape index (κ1) is 18.5. The fourth-order valence-corrected chi connectivity index (χ4v) is 3.54. The minimum atomic E-state index is -4.33. The second-order valence-corrected chi connectivity index (χ2v) is 6.86. The van der Waals surface area contributed by atoms with Gasteiger partial charge in [0.25, 0.3) is 0 Å². The predicted octanol–water partition coefficient (Wildman–Crippen LogP) is 2.39. The largest absolute Gasteiger partial charge is 0.439 e. The fourth-order valence-electron chi connectivity index (χ4n) is 3.54. The summed E-state index contributed by atoms with van der Waals surface area (Å²) in [5, 5.41) is 10.7. The Morgan fingerprint density at radius 3 is 2.43 bits per heavy atom. The molecule has 0 radical (unpaired) electrons. The molecule has 8 nitrogen and oxygen atoms in total. The van der Waals surface area contributed by atoms with Gasteiger partial charge in [0, 0.05) is 43.4 Å². The molecule has 0 amide bonds. The summed E-state index contributed by atoms with van der Waals surface area (Å²) in [6, 6.07) is 5.48. The lowest BCUT2D eigenvalue weighted by atomic mass is 10.1. The lowest BCUT2D eigenvalue weighted by molar-refractivity contribution is -0.389. The molecule has 150 valence electrons. The van der Waals surface area contributed by atoms with Crippen LogP contribution in [0.15, 0.2) is 30.5 Å². The summed E-state index contributed by atoms with van der Waals surface area (Å²) in [5.41, 5.74) is 0.128. The van der Waals surface area contributed by atoms with Crippen LogP contribution in [-0.2, 0) is 12.7 Å². The van der Waals surface area contributed by atoms with Gasteiger partial charge in [-0.2, -0.15) is 13.2 Å². The van der Waals surface area contributed by atoms with Crippen LogP contribution in [0.25, 0.3) is 0 Å². The van der Waals surface area contributed by atoms with Crippen molar-refractivity contribution in [3.63, 3.8) is 0 Å². The van der Waals surface area contributed by atoms with Crippen LogP contribution in [0.4, 0.5) is 24.7 Å². The zero-order valence-electron chi connectivity index (χ0n) is 14.8. The highest BCUT2D eigenvalue weighted by molar-refractivity contribution is 5.48. The number of fused-ring (bicyclic) bond motifs is 1. The Balaban J connectivity index is 1.28. The van der Waals surface area contributed by atoms with Crippen LogP contribution in [0.1, 0.15) is 5.56 Å². The van der Waals surface area contributed by atoms with E-state index in [4.69, 9.17) is 4.74 Å². The molecule has 2 aliphatic rings. The van der Waals surface area contributed by atoms with Crippen LogP contribution in [0.2, 0.25) is 0 Å². The van der Waals surface area contributed by atoms with Gasteiger partial charge in [-0.25, -0.2) is 0 Å². The molecule has 0 bridgehead atoms. The molecule has 1 aromatic heterocycles. The zero-order chi connectivity index (χ0) is 19.9. The van der Waals surface area contributed by atoms with Gasteiger partial charge in [0.2, 0.25) is 0 Å². The van der Waals surface area contributed by atoms with Crippen molar-refractivity contribution in [1.82, 2.24) is 14.5 Å². The van der Waals surface area contributed by atoms with Crippen LogP contribution in [0, 0.1) is 10.1 Å². The first-order valence-corrected chi connectivity index (χ1v) is 8.82. The van der Waals surface area contributed by atoms with Gasteiger partial charge in [0.1, 0.15) is 12.3 Å². The number of alkyl halides is 3. The van der Waals surface area contributed by atoms with Gasteiger partial charge < -0.3 is 19.8 Å². The van der Waals surface area contributed by atoms with E-state index in [0.29, 0.717) is 26.2 Å². The summed E-state index contributed by atoms with van der Waals surface area (Å²) in [7, 11) is 0. The third-order valence-corrected chi connectivity index (χ3v) is 4.98. The Bertz CT molecular complexity index is 836. The summed E-state index contributed by atoms with van der Waals surface area (Å²) in [6.45, 7) is 4.09. The lowest BCUT2D eigenvalue weighted by Crippen LogP contribution is -2.49. The van der Waals surface area contributed by atoms with Crippen molar-refractivity contribution in [2.75, 3.05) is 37.6 Å². The van der Waals surface area contributed by atoms with Gasteiger partial charge in [0.15, 0.2) is 0 Å². The van der Waals surface area contributed by atoms with E-state index >= 15 is 0 Å². The summed E-state index contributed by atoms with van der Waals surface area (Å²) in [6.07, 6.45) is -3.08. The van der Waals surface area contributed by atoms with Crippen molar-refractivity contribution in [2.24, 2.45) is 0 Å². The zero-order valence-corrected chi connectivity index (χ0v) is 14.8. The van der Waals surface area contributed by atoms with Crippen LogP contribution < -0.4 is 9.64 Å². The van der Waals surface area contributed by atoms with Gasteiger partial charge in [-0.3, -0.25) is 9.47 Å². The number of benzene rings is 1. The van der Waals surface area contributed by atoms with E-state index in [0.717, 1.165) is 30.9 Å². The average molecular weight is 397 g/mol. The molecule has 2 aliphatic heterocycles. The Morgan fingerprint density at radius 2 is 1.86 bits per heavy atom. The molecular formula is C17H18F3N5O3. The monoisotopic (exact) mass is 397 g/mol. The number of halogens is 3. The predicted molar refractivity (Wildman–Crippen MR) is 93.4 cm³/mol. The first-order valence-electron chi connectivity index (χ1n) is 8.82. The third-order valence-electron chi connectivity index (χ3n) is 4.98. The minimum Gasteiger partial charge on any atom is -0.439 e. The third kappa shape index (κ3) is 3.75. The smallest absolute Gasteiger partial charge is 0.416 e. The second kappa shape index (κ2) is 6.97. The second-order valence-electron chi connectivity index (χ2n) is 6.86. The van der Waals surface area contributed by atoms with Crippen LogP contribution in [0.3, 0.4) is 0 Å². The standard InChI is InChI=1S/C17H18F3N5O3/c18-17(19,20)12-1-3-13(4-2-12)23-7-5-22(6-8-23)9-14-10-24-11-15(25(26)27)21-16(24)28-14/h1-4,11,14H,5-10H2. The van der Waals surface area contributed by atoms with E-state index in [1.54, 1.807) is 4.57 Å². The number of hydrogen-bond donors (Lipinski definition) is 0. The molecule has 0 N–H and O–H groups in total. The molecular weight excluding hydrogens is 379 g/mol. The van der Waals surface area contributed by atoms with Gasteiger partial charge in [-0.05, 0) is 29.2 Å². The van der Waals surface area contributed by atoms with E-state index in [9.17, 15) is 23.3 Å². The van der Waals surface area contributed by atoms with E-state index < -0.39 is 16.7 Å². The Kier molecular flexibility index (Phi) is 4.61. The number of hydrogen-bond acceptors (Lipinski definition) is 6. The van der Waals surface area contributed by atoms with Crippen LogP contribution in [0.5, 0.6) is 6.01 Å². The fraction of sp³-hybridized carbons (Fsp3) is 0.471. The highest BCUT2D eigenvalue weighted by atomic mass is 19.4. The topological polar surface area (TPSA) is 76.7 Å². The number of nitrogens with zero attached hydrogens (tertiary/aromatic N) is 5. The van der Waals surface area contributed by atoms with Crippen LogP contribution in [-0.4, -0.2) is 58.2 Å². The molecule has 28 heavy (non-hydrogen) atoms. The number of piperazine rings is 1. The highest BCUT2D eigenvalue weighted by Crippen LogP contribution is 2.31. The molecule has 1 saturated heterocycles. The molecule has 2 aromatic rings. The van der Waals surface area contributed by atoms with Crippen LogP contribution >= 0.6 is 0 Å². The van der Waals surface area contributed by atoms with E-state index in [1.165, 1.54) is 18.3 Å². The molecule has 1 fully saturated rings. The number of anilines is 1. The van der Waals surface area contributed by atoms with Gasteiger partial charge in [0.05, 0.1) is 12.1 Å². The number of imidazole rings is 1. The van der Waals surface area contributed by atoms with Crippen molar-refractivity contribution in [2.45, 2.75) is 18.8 Å². The Hall–Kier alpha value is -2.82. The summed E-state index contributed by atoms with van der Waals surface area (Å²) < 4.78 is 45.3. The summed E-state index contributed by atoms with van der Waals surface area (Å²) >= 11 is 0. The quantitative estimate of drug-likeness (QED) is 0.583. The van der Waals surface area contributed by atoms with Gasteiger partial charge >= 0.3 is 18.0 Å². The van der Waals surface area contributed by atoms with E-state index in [-0.39, 0.29) is 17.9 Å².